The summed E-state index contributed by atoms with van der Waals surface area (Å²) >= 11 is 6.07. The molecule has 0 fully saturated rings. The second-order valence-electron chi connectivity index (χ2n) is 6.69. The molecule has 5 nitrogen and oxygen atoms in total. The van der Waals surface area contributed by atoms with Gasteiger partial charge in [-0.2, -0.15) is 5.10 Å². The van der Waals surface area contributed by atoms with Gasteiger partial charge in [0, 0.05) is 23.5 Å². The predicted octanol–water partition coefficient (Wildman–Crippen LogP) is 4.29. The summed E-state index contributed by atoms with van der Waals surface area (Å²) in [6.07, 6.45) is 0. The van der Waals surface area contributed by atoms with Gasteiger partial charge in [-0.3, -0.25) is 9.59 Å². The highest BCUT2D eigenvalue weighted by Gasteiger charge is 2.22. The van der Waals surface area contributed by atoms with Crippen molar-refractivity contribution in [2.24, 2.45) is 0 Å². The van der Waals surface area contributed by atoms with Crippen molar-refractivity contribution in [2.45, 2.75) is 33.4 Å². The first kappa shape index (κ1) is 19.1. The van der Waals surface area contributed by atoms with Crippen molar-refractivity contribution in [1.82, 2.24) is 14.7 Å². The number of carbonyl (C=O) groups is 1. The Kier molecular flexibility index (Phi) is 5.61. The molecule has 0 aliphatic rings. The molecule has 0 aliphatic carbocycles. The highest BCUT2D eigenvalue weighted by molar-refractivity contribution is 6.30. The standard InChI is InChI=1S/C21H22ClN3O2/c1-4-24(13-15-8-7-9-16(22)12-15)21(27)19-17-10-5-6-11-18(17)20(26)25(23-19)14(2)3/h5-12,14H,4,13H2,1-3H3. The summed E-state index contributed by atoms with van der Waals surface area (Å²) in [6, 6.07) is 14.4. The topological polar surface area (TPSA) is 55.2 Å². The van der Waals surface area contributed by atoms with Gasteiger partial charge >= 0.3 is 0 Å². The van der Waals surface area contributed by atoms with Crippen LogP contribution < -0.4 is 5.56 Å². The van der Waals surface area contributed by atoms with Crippen LogP contribution in [-0.4, -0.2) is 27.1 Å². The number of amides is 1. The number of halogens is 1. The SMILES string of the molecule is CCN(Cc1cccc(Cl)c1)C(=O)c1nn(C(C)C)c(=O)c2ccccc12. The van der Waals surface area contributed by atoms with Crippen molar-refractivity contribution in [3.05, 3.63) is 75.2 Å². The molecule has 0 spiro atoms. The molecule has 1 heterocycles. The number of rotatable bonds is 5. The van der Waals surface area contributed by atoms with Crippen molar-refractivity contribution in [1.29, 1.82) is 0 Å². The van der Waals surface area contributed by atoms with Crippen LogP contribution in [0.25, 0.3) is 10.8 Å². The van der Waals surface area contributed by atoms with Gasteiger partial charge in [0.25, 0.3) is 11.5 Å². The Labute approximate surface area is 163 Å². The van der Waals surface area contributed by atoms with Gasteiger partial charge in [0.05, 0.1) is 11.4 Å². The number of fused-ring (bicyclic) bond motifs is 1. The van der Waals surface area contributed by atoms with E-state index in [1.54, 1.807) is 29.2 Å². The van der Waals surface area contributed by atoms with E-state index in [1.165, 1.54) is 4.68 Å². The van der Waals surface area contributed by atoms with E-state index in [9.17, 15) is 9.59 Å². The number of aromatic nitrogens is 2. The molecular weight excluding hydrogens is 362 g/mol. The lowest BCUT2D eigenvalue weighted by atomic mass is 10.1. The van der Waals surface area contributed by atoms with E-state index in [-0.39, 0.29) is 17.5 Å². The summed E-state index contributed by atoms with van der Waals surface area (Å²) < 4.78 is 1.38. The van der Waals surface area contributed by atoms with E-state index < -0.39 is 0 Å². The molecule has 6 heteroatoms. The van der Waals surface area contributed by atoms with Gasteiger partial charge in [0.1, 0.15) is 0 Å². The molecule has 0 aliphatic heterocycles. The maximum Gasteiger partial charge on any atom is 0.275 e. The average Bonchev–Trinajstić information content (AvgIpc) is 2.66. The third-order valence-corrected chi connectivity index (χ3v) is 4.69. The first-order valence-corrected chi connectivity index (χ1v) is 9.35. The number of nitrogens with zero attached hydrogens (tertiary/aromatic N) is 3. The molecule has 0 saturated carbocycles. The number of benzene rings is 2. The van der Waals surface area contributed by atoms with E-state index in [4.69, 9.17) is 11.6 Å². The number of carbonyl (C=O) groups excluding carboxylic acids is 1. The van der Waals surface area contributed by atoms with Crippen LogP contribution in [0.1, 0.15) is 42.9 Å². The monoisotopic (exact) mass is 383 g/mol. The van der Waals surface area contributed by atoms with E-state index in [2.05, 4.69) is 5.10 Å². The largest absolute Gasteiger partial charge is 0.333 e. The fraction of sp³-hybridized carbons (Fsp3) is 0.286. The molecule has 1 amide bonds. The van der Waals surface area contributed by atoms with Crippen LogP contribution >= 0.6 is 11.6 Å². The first-order chi connectivity index (χ1) is 12.9. The molecule has 0 unspecified atom stereocenters. The summed E-state index contributed by atoms with van der Waals surface area (Å²) in [7, 11) is 0. The fourth-order valence-corrected chi connectivity index (χ4v) is 3.26. The van der Waals surface area contributed by atoms with Gasteiger partial charge in [0.2, 0.25) is 0 Å². The summed E-state index contributed by atoms with van der Waals surface area (Å²) in [6.45, 7) is 6.61. The number of hydrogen-bond donors (Lipinski definition) is 0. The maximum atomic E-state index is 13.3. The lowest BCUT2D eigenvalue weighted by molar-refractivity contribution is 0.0746. The lowest BCUT2D eigenvalue weighted by Gasteiger charge is -2.22. The van der Waals surface area contributed by atoms with Crippen LogP contribution in [0.4, 0.5) is 0 Å². The highest BCUT2D eigenvalue weighted by atomic mass is 35.5. The van der Waals surface area contributed by atoms with Gasteiger partial charge < -0.3 is 4.90 Å². The Morgan fingerprint density at radius 1 is 1.15 bits per heavy atom. The Morgan fingerprint density at radius 2 is 1.85 bits per heavy atom. The van der Waals surface area contributed by atoms with E-state index in [1.807, 2.05) is 45.0 Å². The zero-order valence-corrected chi connectivity index (χ0v) is 16.4. The van der Waals surface area contributed by atoms with Gasteiger partial charge in [-0.1, -0.05) is 41.9 Å². The maximum absolute atomic E-state index is 13.3. The van der Waals surface area contributed by atoms with E-state index in [0.29, 0.717) is 34.6 Å². The zero-order chi connectivity index (χ0) is 19.6. The zero-order valence-electron chi connectivity index (χ0n) is 15.6. The highest BCUT2D eigenvalue weighted by Crippen LogP contribution is 2.19. The Balaban J connectivity index is 2.08. The normalized spacial score (nSPS) is 11.1. The summed E-state index contributed by atoms with van der Waals surface area (Å²) in [5.41, 5.74) is 1.05. The Morgan fingerprint density at radius 3 is 2.48 bits per heavy atom. The van der Waals surface area contributed by atoms with Crippen LogP contribution in [0.3, 0.4) is 0 Å². The molecule has 0 saturated heterocycles. The van der Waals surface area contributed by atoms with Gasteiger partial charge in [0.15, 0.2) is 5.69 Å². The van der Waals surface area contributed by atoms with Crippen LogP contribution in [0.2, 0.25) is 5.02 Å². The molecule has 140 valence electrons. The fourth-order valence-electron chi connectivity index (χ4n) is 3.05. The Bertz CT molecular complexity index is 1040. The minimum Gasteiger partial charge on any atom is -0.333 e. The summed E-state index contributed by atoms with van der Waals surface area (Å²) in [5.74, 6) is -0.205. The van der Waals surface area contributed by atoms with Crippen LogP contribution in [-0.2, 0) is 6.54 Å². The smallest absolute Gasteiger partial charge is 0.275 e. The average molecular weight is 384 g/mol. The van der Waals surface area contributed by atoms with Crippen LogP contribution in [0, 0.1) is 0 Å². The molecule has 2 aromatic carbocycles. The van der Waals surface area contributed by atoms with Crippen molar-refractivity contribution in [3.63, 3.8) is 0 Å². The lowest BCUT2D eigenvalue weighted by Crippen LogP contribution is -2.34. The quantitative estimate of drug-likeness (QED) is 0.660. The molecule has 1 aromatic heterocycles. The van der Waals surface area contributed by atoms with Gasteiger partial charge in [-0.15, -0.1) is 0 Å². The van der Waals surface area contributed by atoms with E-state index >= 15 is 0 Å². The van der Waals surface area contributed by atoms with Gasteiger partial charge in [-0.05, 0) is 44.5 Å². The summed E-state index contributed by atoms with van der Waals surface area (Å²) in [4.78, 5) is 27.7. The van der Waals surface area contributed by atoms with Gasteiger partial charge in [-0.25, -0.2) is 4.68 Å². The molecule has 0 radical (unpaired) electrons. The minimum atomic E-state index is -0.205. The molecule has 3 rings (SSSR count). The van der Waals surface area contributed by atoms with Crippen molar-refractivity contribution in [2.75, 3.05) is 6.54 Å². The minimum absolute atomic E-state index is 0.142. The number of hydrogen-bond acceptors (Lipinski definition) is 3. The molecule has 0 bridgehead atoms. The van der Waals surface area contributed by atoms with E-state index in [0.717, 1.165) is 5.56 Å². The van der Waals surface area contributed by atoms with Crippen molar-refractivity contribution in [3.8, 4) is 0 Å². The molecule has 0 atom stereocenters. The molecule has 3 aromatic rings. The molecule has 0 N–H and O–H groups in total. The Hall–Kier alpha value is -2.66. The first-order valence-electron chi connectivity index (χ1n) is 8.97. The predicted molar refractivity (Wildman–Crippen MR) is 108 cm³/mol. The van der Waals surface area contributed by atoms with Crippen LogP contribution in [0.15, 0.2) is 53.3 Å². The van der Waals surface area contributed by atoms with Crippen LogP contribution in [0.5, 0.6) is 0 Å². The van der Waals surface area contributed by atoms with Crippen molar-refractivity contribution < 1.29 is 4.79 Å². The summed E-state index contributed by atoms with van der Waals surface area (Å²) in [5, 5.41) is 6.13. The third-order valence-electron chi connectivity index (χ3n) is 4.45. The second-order valence-corrected chi connectivity index (χ2v) is 7.12. The third kappa shape index (κ3) is 3.88. The molecule has 27 heavy (non-hydrogen) atoms. The molecular formula is C21H22ClN3O2. The second kappa shape index (κ2) is 7.92. The van der Waals surface area contributed by atoms with Crippen molar-refractivity contribution >= 4 is 28.3 Å².